The molecule has 70 heavy (non-hydrogen) atoms. The Morgan fingerprint density at radius 2 is 1.51 bits per heavy atom. The van der Waals surface area contributed by atoms with Crippen molar-refractivity contribution in [2.45, 2.75) is 89.1 Å². The summed E-state index contributed by atoms with van der Waals surface area (Å²) in [5.41, 5.74) is 16.0. The summed E-state index contributed by atoms with van der Waals surface area (Å²) in [7, 11) is -4.40. The Morgan fingerprint density at radius 1 is 0.843 bits per heavy atom. The first-order valence-electron chi connectivity index (χ1n) is 23.8. The number of allylic oxidation sites excluding steroid dienone is 8. The van der Waals surface area contributed by atoms with Gasteiger partial charge in [-0.15, -0.1) is 0 Å². The van der Waals surface area contributed by atoms with Crippen LogP contribution in [0.2, 0.25) is 0 Å². The zero-order chi connectivity index (χ0) is 50.6. The maximum absolute atomic E-state index is 12.3. The number of non-ortho nitro benzene ring substituents is 1. The number of anilines is 1. The fourth-order valence-electron chi connectivity index (χ4n) is 8.53. The second-order valence-electron chi connectivity index (χ2n) is 18.1. The van der Waals surface area contributed by atoms with Gasteiger partial charge in [-0.3, -0.25) is 19.5 Å². The number of amides is 1. The number of nitrogens with one attached hydrogen (secondary N) is 1. The molecule has 5 rings (SSSR count). The lowest BCUT2D eigenvalue weighted by molar-refractivity contribution is -0.438. The van der Waals surface area contributed by atoms with Crippen LogP contribution < -0.4 is 10.2 Å². The topological polar surface area (TPSA) is 219 Å². The molecule has 2 aliphatic rings. The van der Waals surface area contributed by atoms with E-state index < -0.39 is 20.5 Å². The highest BCUT2D eigenvalue weighted by atomic mass is 32.2. The zero-order valence-corrected chi connectivity index (χ0v) is 41.9. The molecular weight excluding hydrogens is 915 g/mol. The van der Waals surface area contributed by atoms with E-state index in [2.05, 4.69) is 69.9 Å². The maximum Gasteiger partial charge on any atom is 0.294 e. The van der Waals surface area contributed by atoms with Crippen molar-refractivity contribution >= 4 is 38.8 Å². The number of rotatable bonds is 30. The van der Waals surface area contributed by atoms with E-state index in [1.165, 1.54) is 29.3 Å². The minimum Gasteiger partial charge on any atom is -0.377 e. The molecule has 3 aromatic carbocycles. The van der Waals surface area contributed by atoms with Crippen LogP contribution in [0.1, 0.15) is 82.1 Å². The van der Waals surface area contributed by atoms with Gasteiger partial charge in [0.15, 0.2) is 5.71 Å². The van der Waals surface area contributed by atoms with Crippen LogP contribution in [0, 0.1) is 17.0 Å². The van der Waals surface area contributed by atoms with E-state index in [-0.39, 0.29) is 21.9 Å². The molecule has 0 saturated carbocycles. The van der Waals surface area contributed by atoms with Gasteiger partial charge in [-0.25, -0.2) is 0 Å². The molecule has 376 valence electrons. The van der Waals surface area contributed by atoms with Crippen LogP contribution in [0.3, 0.4) is 0 Å². The summed E-state index contributed by atoms with van der Waals surface area (Å²) in [6, 6.07) is 17.6. The van der Waals surface area contributed by atoms with E-state index in [9.17, 15) is 27.9 Å². The quantitative estimate of drug-likeness (QED) is 0.00737. The smallest absolute Gasteiger partial charge is 0.294 e. The van der Waals surface area contributed by atoms with E-state index in [0.29, 0.717) is 98.3 Å². The number of aryl methyl sites for hydroxylation is 1. The summed E-state index contributed by atoms with van der Waals surface area (Å²) in [5, 5.41) is 17.2. The normalized spacial score (nSPS) is 15.6. The van der Waals surface area contributed by atoms with Crippen LogP contribution in [0.25, 0.3) is 10.4 Å². The van der Waals surface area contributed by atoms with E-state index in [0.717, 1.165) is 46.8 Å². The SMILES string of the molecule is Cc1ccc2c(c1)C(C)(C)C(=CC=CC=CC=CC1=[N+](CCCCCC(=O)NCCCN=[N+]=[N-])c3ccc(S(=O)(=O)O)cc3C1(C)C)N2CCOCCOCCOCCOCc1ccc([N+](=O)[O-])cc1. The van der Waals surface area contributed by atoms with Crippen molar-refractivity contribution in [1.29, 1.82) is 0 Å². The fourth-order valence-corrected chi connectivity index (χ4v) is 9.04. The largest absolute Gasteiger partial charge is 0.377 e. The number of nitrogens with zero attached hydrogens (tertiary/aromatic N) is 6. The summed E-state index contributed by atoms with van der Waals surface area (Å²) >= 11 is 0. The Bertz CT molecular complexity index is 2580. The Hall–Kier alpha value is -5.98. The number of unbranched alkanes of at least 4 members (excludes halogenated alkanes) is 2. The van der Waals surface area contributed by atoms with Crippen LogP contribution in [0.15, 0.2) is 119 Å². The number of nitro benzene ring substituents is 1. The van der Waals surface area contributed by atoms with Crippen molar-refractivity contribution in [2.24, 2.45) is 5.11 Å². The molecule has 3 aromatic rings. The van der Waals surface area contributed by atoms with Gasteiger partial charge in [-0.1, -0.05) is 67.0 Å². The molecule has 0 atom stereocenters. The highest BCUT2D eigenvalue weighted by Crippen LogP contribution is 2.48. The van der Waals surface area contributed by atoms with Gasteiger partial charge in [0, 0.05) is 84.0 Å². The van der Waals surface area contributed by atoms with Gasteiger partial charge in [0.2, 0.25) is 11.6 Å². The predicted octanol–water partition coefficient (Wildman–Crippen LogP) is 9.52. The van der Waals surface area contributed by atoms with Gasteiger partial charge in [0.05, 0.1) is 68.1 Å². The highest BCUT2D eigenvalue weighted by Gasteiger charge is 2.45. The van der Waals surface area contributed by atoms with Crippen molar-refractivity contribution in [3.63, 3.8) is 0 Å². The molecule has 0 spiro atoms. The maximum atomic E-state index is 12.3. The predicted molar refractivity (Wildman–Crippen MR) is 271 cm³/mol. The molecule has 17 nitrogen and oxygen atoms in total. The molecule has 0 aromatic heterocycles. The molecule has 0 aliphatic carbocycles. The first-order valence-corrected chi connectivity index (χ1v) is 25.2. The number of carbonyl (C=O) groups excluding carboxylic acids is 1. The average molecular weight is 983 g/mol. The monoisotopic (exact) mass is 982 g/mol. The molecular formula is C52H68N7O10S+. The number of hydrogen-bond donors (Lipinski definition) is 2. The number of azide groups is 1. The lowest BCUT2D eigenvalue weighted by Gasteiger charge is -2.27. The number of ether oxygens (including phenoxy) is 4. The summed E-state index contributed by atoms with van der Waals surface area (Å²) in [4.78, 5) is 27.6. The Balaban J connectivity index is 1.12. The van der Waals surface area contributed by atoms with Crippen molar-refractivity contribution < 1.29 is 46.2 Å². The zero-order valence-electron chi connectivity index (χ0n) is 41.0. The second-order valence-corrected chi connectivity index (χ2v) is 19.5. The van der Waals surface area contributed by atoms with Crippen LogP contribution in [-0.2, 0) is 51.3 Å². The molecule has 0 fully saturated rings. The molecule has 1 amide bonds. The van der Waals surface area contributed by atoms with Crippen molar-refractivity contribution in [3.05, 3.63) is 152 Å². The van der Waals surface area contributed by atoms with E-state index in [1.54, 1.807) is 24.3 Å². The molecule has 2 N–H and O–H groups in total. The Labute approximate surface area is 412 Å². The van der Waals surface area contributed by atoms with Gasteiger partial charge >= 0.3 is 0 Å². The van der Waals surface area contributed by atoms with Crippen LogP contribution in [0.4, 0.5) is 17.1 Å². The number of carbonyl (C=O) groups is 1. The highest BCUT2D eigenvalue weighted by molar-refractivity contribution is 7.85. The van der Waals surface area contributed by atoms with Gasteiger partial charge in [-0.2, -0.15) is 13.0 Å². The lowest BCUT2D eigenvalue weighted by Crippen LogP contribution is -2.29. The average Bonchev–Trinajstić information content (AvgIpc) is 3.66. The molecule has 0 saturated heterocycles. The first kappa shape index (κ1) is 55.0. The first-order chi connectivity index (χ1) is 33.5. The molecule has 0 radical (unpaired) electrons. The number of fused-ring (bicyclic) bond motifs is 2. The third-order valence-corrected chi connectivity index (χ3v) is 13.1. The summed E-state index contributed by atoms with van der Waals surface area (Å²) < 4.78 is 59.2. The number of hydrogen-bond acceptors (Lipinski definition) is 11. The van der Waals surface area contributed by atoms with Crippen LogP contribution in [0.5, 0.6) is 0 Å². The Kier molecular flexibility index (Phi) is 21.1. The van der Waals surface area contributed by atoms with Crippen molar-refractivity contribution in [3.8, 4) is 0 Å². The lowest BCUT2D eigenvalue weighted by atomic mass is 9.81. The molecule has 0 bridgehead atoms. The van der Waals surface area contributed by atoms with Crippen LogP contribution >= 0.6 is 0 Å². The fraction of sp³-hybridized carbons (Fsp3) is 0.462. The molecule has 2 heterocycles. The standard InChI is InChI=1S/C52H67N7O10S/c1-40-18-24-46-44(37-40)51(2,3)49(58(46)29-30-66-31-32-67-33-34-68-35-36-69-39-41-19-21-42(22-20-41)59(61)62)16-11-8-6-7-10-15-48-52(4,5)45-38-43(70(63,64)65)23-25-47(45)57(48)28-13-9-12-17-50(60)54-26-14-27-55-56-53/h6-8,10-11,15-16,18-25,37-38H,9,12-14,17,26-36,39H2,1-5H3,(H-,54,60,63,64,65)/p+1. The Morgan fingerprint density at radius 3 is 2.20 bits per heavy atom. The summed E-state index contributed by atoms with van der Waals surface area (Å²) in [6.07, 6.45) is 17.5. The van der Waals surface area contributed by atoms with Crippen LogP contribution in [-0.4, -0.2) is 107 Å². The third kappa shape index (κ3) is 15.8. The van der Waals surface area contributed by atoms with Gasteiger partial charge < -0.3 is 29.2 Å². The second kappa shape index (κ2) is 26.8. The van der Waals surface area contributed by atoms with Gasteiger partial charge in [0.25, 0.3) is 15.8 Å². The van der Waals surface area contributed by atoms with Gasteiger partial charge in [-0.05, 0) is 93.1 Å². The van der Waals surface area contributed by atoms with E-state index in [1.807, 2.05) is 50.3 Å². The number of nitro groups is 1. The molecule has 18 heteroatoms. The van der Waals surface area contributed by atoms with E-state index in [4.69, 9.17) is 24.5 Å². The third-order valence-electron chi connectivity index (χ3n) is 12.3. The summed E-state index contributed by atoms with van der Waals surface area (Å²) in [6.45, 7) is 16.2. The van der Waals surface area contributed by atoms with Crippen molar-refractivity contribution in [2.75, 3.05) is 77.3 Å². The van der Waals surface area contributed by atoms with E-state index >= 15 is 0 Å². The minimum atomic E-state index is -4.40. The minimum absolute atomic E-state index is 0.0348. The summed E-state index contributed by atoms with van der Waals surface area (Å²) in [5.74, 6) is -0.0348. The van der Waals surface area contributed by atoms with Gasteiger partial charge in [0.1, 0.15) is 6.54 Å². The molecule has 0 unspecified atom stereocenters. The van der Waals surface area contributed by atoms with Crippen molar-refractivity contribution in [1.82, 2.24) is 5.32 Å². The molecule has 2 aliphatic heterocycles. The number of benzene rings is 3.